The van der Waals surface area contributed by atoms with Crippen molar-refractivity contribution in [3.05, 3.63) is 27.1 Å². The summed E-state index contributed by atoms with van der Waals surface area (Å²) in [6, 6.07) is 0.182. The highest BCUT2D eigenvalue weighted by Crippen LogP contribution is 2.27. The van der Waals surface area contributed by atoms with Crippen LogP contribution >= 0.6 is 11.3 Å². The second-order valence-electron chi connectivity index (χ2n) is 6.95. The number of amides is 1. The summed E-state index contributed by atoms with van der Waals surface area (Å²) in [6.07, 6.45) is 3.07. The van der Waals surface area contributed by atoms with Gasteiger partial charge >= 0.3 is 5.97 Å². The van der Waals surface area contributed by atoms with Crippen LogP contribution in [0.15, 0.2) is 11.1 Å². The molecule has 0 bridgehead atoms. The molecule has 0 unspecified atom stereocenters. The van der Waals surface area contributed by atoms with E-state index in [4.69, 9.17) is 4.74 Å². The van der Waals surface area contributed by atoms with Gasteiger partial charge in [-0.2, -0.15) is 0 Å². The molecule has 0 aliphatic heterocycles. The second-order valence-corrected chi connectivity index (χ2v) is 7.95. The monoisotopic (exact) mass is 407 g/mol. The number of nitrogens with zero attached hydrogens (tertiary/aromatic N) is 3. The van der Waals surface area contributed by atoms with Crippen molar-refractivity contribution in [2.24, 2.45) is 0 Å². The van der Waals surface area contributed by atoms with Crippen molar-refractivity contribution in [2.75, 3.05) is 6.61 Å². The van der Waals surface area contributed by atoms with Gasteiger partial charge in [0.2, 0.25) is 5.91 Å². The first kappa shape index (κ1) is 22.1. The number of rotatable bonds is 8. The molecule has 0 N–H and O–H groups in total. The van der Waals surface area contributed by atoms with Gasteiger partial charge in [0.05, 0.1) is 18.3 Å². The molecule has 0 spiro atoms. The lowest BCUT2D eigenvalue weighted by Crippen LogP contribution is -2.46. The fourth-order valence-electron chi connectivity index (χ4n) is 3.21. The Morgan fingerprint density at radius 1 is 1.21 bits per heavy atom. The van der Waals surface area contributed by atoms with Gasteiger partial charge in [-0.1, -0.05) is 13.8 Å². The van der Waals surface area contributed by atoms with Crippen LogP contribution in [-0.2, 0) is 16.1 Å². The number of thiophene rings is 1. The van der Waals surface area contributed by atoms with Crippen molar-refractivity contribution in [1.82, 2.24) is 14.5 Å². The molecule has 0 aliphatic carbocycles. The third-order valence-electron chi connectivity index (χ3n) is 5.10. The van der Waals surface area contributed by atoms with Gasteiger partial charge in [-0.05, 0) is 46.1 Å². The Kier molecular flexibility index (Phi) is 7.35. The third kappa shape index (κ3) is 4.27. The lowest BCUT2D eigenvalue weighted by molar-refractivity contribution is -0.136. The average molecular weight is 408 g/mol. The van der Waals surface area contributed by atoms with E-state index in [1.54, 1.807) is 13.8 Å². The fourth-order valence-corrected chi connectivity index (χ4v) is 4.24. The van der Waals surface area contributed by atoms with Gasteiger partial charge in [-0.15, -0.1) is 11.3 Å². The van der Waals surface area contributed by atoms with Gasteiger partial charge in [-0.3, -0.25) is 14.2 Å². The SMILES string of the molecule is CCOC(=O)c1sc2ncn(CC(=O)N([C@H](C)CC)[C@@H](C)CC)c(=O)c2c1C. The number of ether oxygens (including phenoxy) is 1. The lowest BCUT2D eigenvalue weighted by atomic mass is 10.1. The van der Waals surface area contributed by atoms with E-state index < -0.39 is 5.97 Å². The van der Waals surface area contributed by atoms with E-state index in [-0.39, 0.29) is 36.7 Å². The molecule has 8 heteroatoms. The minimum atomic E-state index is -0.454. The average Bonchev–Trinajstić information content (AvgIpc) is 3.01. The maximum Gasteiger partial charge on any atom is 0.348 e. The van der Waals surface area contributed by atoms with Crippen molar-refractivity contribution < 1.29 is 14.3 Å². The number of fused-ring (bicyclic) bond motifs is 1. The van der Waals surface area contributed by atoms with Crippen LogP contribution in [0, 0.1) is 6.92 Å². The zero-order chi connectivity index (χ0) is 21.0. The van der Waals surface area contributed by atoms with Crippen molar-refractivity contribution in [1.29, 1.82) is 0 Å². The van der Waals surface area contributed by atoms with Gasteiger partial charge in [-0.25, -0.2) is 9.78 Å². The minimum absolute atomic E-state index is 0.0690. The van der Waals surface area contributed by atoms with E-state index in [0.717, 1.165) is 24.2 Å². The van der Waals surface area contributed by atoms with Gasteiger partial charge in [0.25, 0.3) is 5.56 Å². The molecule has 154 valence electrons. The molecule has 0 saturated carbocycles. The molecule has 28 heavy (non-hydrogen) atoms. The van der Waals surface area contributed by atoms with Crippen LogP contribution < -0.4 is 5.56 Å². The molecule has 2 atom stereocenters. The first-order valence-corrected chi connectivity index (χ1v) is 10.5. The topological polar surface area (TPSA) is 81.5 Å². The van der Waals surface area contributed by atoms with Crippen LogP contribution in [0.3, 0.4) is 0 Å². The van der Waals surface area contributed by atoms with Crippen LogP contribution in [0.4, 0.5) is 0 Å². The second kappa shape index (κ2) is 9.32. The number of aryl methyl sites for hydroxylation is 1. The van der Waals surface area contributed by atoms with Crippen LogP contribution in [0.2, 0.25) is 0 Å². The van der Waals surface area contributed by atoms with E-state index in [1.807, 2.05) is 32.6 Å². The Bertz CT molecular complexity index is 908. The summed E-state index contributed by atoms with van der Waals surface area (Å²) in [6.45, 7) is 11.8. The molecule has 0 radical (unpaired) electrons. The number of esters is 1. The van der Waals surface area contributed by atoms with Crippen LogP contribution in [0.1, 0.15) is 62.7 Å². The van der Waals surface area contributed by atoms with E-state index in [1.165, 1.54) is 10.9 Å². The molecule has 1 amide bonds. The summed E-state index contributed by atoms with van der Waals surface area (Å²) in [7, 11) is 0. The lowest BCUT2D eigenvalue weighted by Gasteiger charge is -2.34. The molecule has 2 heterocycles. The fraction of sp³-hybridized carbons (Fsp3) is 0.600. The Morgan fingerprint density at radius 3 is 2.36 bits per heavy atom. The summed E-state index contributed by atoms with van der Waals surface area (Å²) in [5.41, 5.74) is 0.245. The Hall–Kier alpha value is -2.22. The smallest absolute Gasteiger partial charge is 0.348 e. The van der Waals surface area contributed by atoms with Crippen molar-refractivity contribution >= 4 is 33.4 Å². The molecular weight excluding hydrogens is 378 g/mol. The van der Waals surface area contributed by atoms with Crippen molar-refractivity contribution in [2.45, 2.75) is 73.0 Å². The highest BCUT2D eigenvalue weighted by molar-refractivity contribution is 7.20. The van der Waals surface area contributed by atoms with Gasteiger partial charge in [0.15, 0.2) is 0 Å². The Morgan fingerprint density at radius 2 is 1.82 bits per heavy atom. The largest absolute Gasteiger partial charge is 0.462 e. The summed E-state index contributed by atoms with van der Waals surface area (Å²) in [4.78, 5) is 45.1. The first-order valence-electron chi connectivity index (χ1n) is 9.73. The maximum absolute atomic E-state index is 13.0. The number of hydrogen-bond acceptors (Lipinski definition) is 6. The molecule has 2 aromatic rings. The van der Waals surface area contributed by atoms with Gasteiger partial charge in [0, 0.05) is 12.1 Å². The number of carbonyl (C=O) groups excluding carboxylic acids is 2. The van der Waals surface area contributed by atoms with Crippen molar-refractivity contribution in [3.8, 4) is 0 Å². The third-order valence-corrected chi connectivity index (χ3v) is 6.28. The number of aromatic nitrogens is 2. The van der Waals surface area contributed by atoms with Crippen LogP contribution in [0.25, 0.3) is 10.2 Å². The predicted octanol–water partition coefficient (Wildman–Crippen LogP) is 3.37. The maximum atomic E-state index is 13.0. The highest BCUT2D eigenvalue weighted by atomic mass is 32.1. The summed E-state index contributed by atoms with van der Waals surface area (Å²) >= 11 is 1.14. The molecule has 2 aromatic heterocycles. The molecule has 2 rings (SSSR count). The van der Waals surface area contributed by atoms with Gasteiger partial charge in [0.1, 0.15) is 16.3 Å². The van der Waals surface area contributed by atoms with Gasteiger partial charge < -0.3 is 9.64 Å². The van der Waals surface area contributed by atoms with Crippen LogP contribution in [-0.4, -0.2) is 45.0 Å². The predicted molar refractivity (Wildman–Crippen MR) is 111 cm³/mol. The highest BCUT2D eigenvalue weighted by Gasteiger charge is 2.25. The molecular formula is C20H29N3O4S. The normalized spacial score (nSPS) is 13.4. The van der Waals surface area contributed by atoms with Crippen molar-refractivity contribution in [3.63, 3.8) is 0 Å². The Labute approximate surface area is 169 Å². The standard InChI is InChI=1S/C20H29N3O4S/c1-7-12(4)23(13(5)8-2)15(24)10-22-11-21-18-16(19(22)25)14(6)17(28-18)20(26)27-9-3/h11-13H,7-10H2,1-6H3/t12-,13+. The summed E-state index contributed by atoms with van der Waals surface area (Å²) < 4.78 is 6.39. The minimum Gasteiger partial charge on any atom is -0.462 e. The zero-order valence-corrected chi connectivity index (χ0v) is 18.3. The zero-order valence-electron chi connectivity index (χ0n) is 17.4. The first-order chi connectivity index (χ1) is 13.3. The summed E-state index contributed by atoms with van der Waals surface area (Å²) in [5, 5.41) is 0.377. The van der Waals surface area contributed by atoms with Crippen LogP contribution in [0.5, 0.6) is 0 Å². The van der Waals surface area contributed by atoms with E-state index in [0.29, 0.717) is 20.7 Å². The molecule has 0 saturated heterocycles. The molecule has 0 aromatic carbocycles. The van der Waals surface area contributed by atoms with E-state index in [9.17, 15) is 14.4 Å². The number of carbonyl (C=O) groups is 2. The quantitative estimate of drug-likeness (QED) is 0.627. The molecule has 0 aliphatic rings. The molecule has 7 nitrogen and oxygen atoms in total. The molecule has 0 fully saturated rings. The number of hydrogen-bond donors (Lipinski definition) is 0. The summed E-state index contributed by atoms with van der Waals surface area (Å²) in [5.74, 6) is -0.560. The van der Waals surface area contributed by atoms with E-state index in [2.05, 4.69) is 4.98 Å². The Balaban J connectivity index is 2.41. The van der Waals surface area contributed by atoms with E-state index >= 15 is 0 Å².